The van der Waals surface area contributed by atoms with Crippen LogP contribution in [0, 0.1) is 0 Å². The summed E-state index contributed by atoms with van der Waals surface area (Å²) in [4.78, 5) is 11.0. The predicted octanol–water partition coefficient (Wildman–Crippen LogP) is 4.92. The van der Waals surface area contributed by atoms with Crippen LogP contribution in [0.4, 0.5) is 5.69 Å². The molecule has 1 heterocycles. The van der Waals surface area contributed by atoms with Gasteiger partial charge in [-0.25, -0.2) is 9.97 Å². The van der Waals surface area contributed by atoms with Crippen molar-refractivity contribution in [2.24, 2.45) is 0 Å². The number of aromatic nitrogens is 2. The number of rotatable bonds is 5. The molecule has 23 heavy (non-hydrogen) atoms. The molecule has 5 heteroatoms. The molecule has 3 rings (SSSR count). The Morgan fingerprint density at radius 1 is 0.957 bits per heavy atom. The van der Waals surface area contributed by atoms with E-state index in [9.17, 15) is 0 Å². The Balaban J connectivity index is 1.93. The first-order chi connectivity index (χ1) is 11.2. The molecule has 0 atom stereocenters. The Labute approximate surface area is 140 Å². The summed E-state index contributed by atoms with van der Waals surface area (Å²) >= 11 is 6.20. The Morgan fingerprint density at radius 3 is 2.35 bits per heavy atom. The van der Waals surface area contributed by atoms with E-state index in [1.165, 1.54) is 0 Å². The highest BCUT2D eigenvalue weighted by molar-refractivity contribution is 6.31. The fourth-order valence-electron chi connectivity index (χ4n) is 2.47. The Bertz CT molecular complexity index is 818. The molecule has 0 aliphatic heterocycles. The first-order valence-electron chi connectivity index (χ1n) is 7.66. The van der Waals surface area contributed by atoms with Crippen LogP contribution in [-0.4, -0.2) is 23.1 Å². The second-order valence-corrected chi connectivity index (χ2v) is 5.44. The standard InChI is InChI=1S/C18H18ClN3O/c1-3-22(4-2)13-8-7-9-14(12-13)23-18-17(19)20-15-10-5-6-11-16(15)21-18/h5-12H,3-4H2,1-2H3. The first-order valence-corrected chi connectivity index (χ1v) is 8.04. The quantitative estimate of drug-likeness (QED) is 0.666. The summed E-state index contributed by atoms with van der Waals surface area (Å²) in [6.07, 6.45) is 0. The van der Waals surface area contributed by atoms with Gasteiger partial charge in [-0.05, 0) is 38.1 Å². The lowest BCUT2D eigenvalue weighted by atomic mass is 10.2. The van der Waals surface area contributed by atoms with E-state index in [1.807, 2.05) is 42.5 Å². The van der Waals surface area contributed by atoms with Crippen LogP contribution in [0.3, 0.4) is 0 Å². The number of halogens is 1. The van der Waals surface area contributed by atoms with Gasteiger partial charge in [0.2, 0.25) is 0 Å². The van der Waals surface area contributed by atoms with Crippen molar-refractivity contribution in [3.8, 4) is 11.6 Å². The largest absolute Gasteiger partial charge is 0.436 e. The zero-order chi connectivity index (χ0) is 16.2. The fraction of sp³-hybridized carbons (Fsp3) is 0.222. The molecule has 0 spiro atoms. The van der Waals surface area contributed by atoms with E-state index in [0.717, 1.165) is 29.8 Å². The summed E-state index contributed by atoms with van der Waals surface area (Å²) in [7, 11) is 0. The van der Waals surface area contributed by atoms with Crippen LogP contribution in [0.25, 0.3) is 11.0 Å². The summed E-state index contributed by atoms with van der Waals surface area (Å²) in [6, 6.07) is 15.5. The van der Waals surface area contributed by atoms with E-state index in [4.69, 9.17) is 16.3 Å². The summed E-state index contributed by atoms with van der Waals surface area (Å²) in [6.45, 7) is 6.14. The van der Waals surface area contributed by atoms with Gasteiger partial charge in [-0.2, -0.15) is 0 Å². The van der Waals surface area contributed by atoms with Crippen LogP contribution in [-0.2, 0) is 0 Å². The molecule has 0 amide bonds. The van der Waals surface area contributed by atoms with Gasteiger partial charge in [0.15, 0.2) is 5.15 Å². The summed E-state index contributed by atoms with van der Waals surface area (Å²) in [5.74, 6) is 1.02. The predicted molar refractivity (Wildman–Crippen MR) is 94.6 cm³/mol. The molecule has 0 unspecified atom stereocenters. The lowest BCUT2D eigenvalue weighted by Gasteiger charge is -2.21. The number of para-hydroxylation sites is 2. The minimum absolute atomic E-state index is 0.261. The van der Waals surface area contributed by atoms with Gasteiger partial charge in [0.25, 0.3) is 5.88 Å². The third kappa shape index (κ3) is 3.37. The van der Waals surface area contributed by atoms with E-state index in [-0.39, 0.29) is 5.15 Å². The average molecular weight is 328 g/mol. The van der Waals surface area contributed by atoms with Crippen LogP contribution >= 0.6 is 11.6 Å². The van der Waals surface area contributed by atoms with Crippen LogP contribution in [0.5, 0.6) is 11.6 Å². The Morgan fingerprint density at radius 2 is 1.65 bits per heavy atom. The van der Waals surface area contributed by atoms with E-state index in [2.05, 4.69) is 34.8 Å². The zero-order valence-electron chi connectivity index (χ0n) is 13.2. The average Bonchev–Trinajstić information content (AvgIpc) is 2.57. The van der Waals surface area contributed by atoms with E-state index in [0.29, 0.717) is 11.6 Å². The number of ether oxygens (including phenoxy) is 1. The van der Waals surface area contributed by atoms with Crippen molar-refractivity contribution in [3.05, 3.63) is 53.7 Å². The molecular formula is C18H18ClN3O. The van der Waals surface area contributed by atoms with E-state index < -0.39 is 0 Å². The second kappa shape index (κ2) is 6.84. The molecule has 2 aromatic carbocycles. The van der Waals surface area contributed by atoms with Crippen LogP contribution < -0.4 is 9.64 Å². The van der Waals surface area contributed by atoms with Gasteiger partial charge < -0.3 is 9.64 Å². The van der Waals surface area contributed by atoms with Crippen molar-refractivity contribution in [1.29, 1.82) is 0 Å². The topological polar surface area (TPSA) is 38.2 Å². The maximum absolute atomic E-state index is 6.20. The van der Waals surface area contributed by atoms with Crippen molar-refractivity contribution in [2.45, 2.75) is 13.8 Å². The minimum atomic E-state index is 0.261. The van der Waals surface area contributed by atoms with Gasteiger partial charge in [-0.3, -0.25) is 0 Å². The lowest BCUT2D eigenvalue weighted by molar-refractivity contribution is 0.463. The number of hydrogen-bond acceptors (Lipinski definition) is 4. The number of benzene rings is 2. The van der Waals surface area contributed by atoms with Crippen molar-refractivity contribution in [2.75, 3.05) is 18.0 Å². The van der Waals surface area contributed by atoms with Crippen LogP contribution in [0.1, 0.15) is 13.8 Å². The van der Waals surface area contributed by atoms with Gasteiger partial charge in [0, 0.05) is 24.8 Å². The third-order valence-electron chi connectivity index (χ3n) is 3.66. The maximum atomic E-state index is 6.20. The minimum Gasteiger partial charge on any atom is -0.436 e. The Kier molecular flexibility index (Phi) is 4.63. The summed E-state index contributed by atoms with van der Waals surface area (Å²) in [5, 5.41) is 0.261. The van der Waals surface area contributed by atoms with Crippen molar-refractivity contribution < 1.29 is 4.74 Å². The van der Waals surface area contributed by atoms with Gasteiger partial charge in [0.1, 0.15) is 5.75 Å². The normalized spacial score (nSPS) is 10.7. The molecule has 0 saturated carbocycles. The number of nitrogens with zero attached hydrogens (tertiary/aromatic N) is 3. The number of anilines is 1. The molecule has 0 radical (unpaired) electrons. The van der Waals surface area contributed by atoms with Crippen LogP contribution in [0.15, 0.2) is 48.5 Å². The highest BCUT2D eigenvalue weighted by Gasteiger charge is 2.10. The molecule has 0 aliphatic carbocycles. The van der Waals surface area contributed by atoms with E-state index in [1.54, 1.807) is 0 Å². The molecule has 0 bridgehead atoms. The Hall–Kier alpha value is -2.33. The van der Waals surface area contributed by atoms with Crippen molar-refractivity contribution in [3.63, 3.8) is 0 Å². The van der Waals surface area contributed by atoms with Crippen molar-refractivity contribution >= 4 is 28.3 Å². The second-order valence-electron chi connectivity index (χ2n) is 5.08. The molecule has 3 aromatic rings. The smallest absolute Gasteiger partial charge is 0.258 e. The molecule has 0 saturated heterocycles. The highest BCUT2D eigenvalue weighted by atomic mass is 35.5. The molecular weight excluding hydrogens is 310 g/mol. The third-order valence-corrected chi connectivity index (χ3v) is 3.91. The number of hydrogen-bond donors (Lipinski definition) is 0. The number of fused-ring (bicyclic) bond motifs is 1. The van der Waals surface area contributed by atoms with Crippen molar-refractivity contribution in [1.82, 2.24) is 9.97 Å². The molecule has 0 aliphatic rings. The molecule has 0 N–H and O–H groups in total. The summed E-state index contributed by atoms with van der Waals surface area (Å²) < 4.78 is 5.86. The molecule has 118 valence electrons. The maximum Gasteiger partial charge on any atom is 0.258 e. The lowest BCUT2D eigenvalue weighted by Crippen LogP contribution is -2.21. The van der Waals surface area contributed by atoms with Gasteiger partial charge >= 0.3 is 0 Å². The highest BCUT2D eigenvalue weighted by Crippen LogP contribution is 2.30. The fourth-order valence-corrected chi connectivity index (χ4v) is 2.64. The zero-order valence-corrected chi connectivity index (χ0v) is 13.9. The van der Waals surface area contributed by atoms with Gasteiger partial charge in [0.05, 0.1) is 11.0 Å². The van der Waals surface area contributed by atoms with E-state index >= 15 is 0 Å². The van der Waals surface area contributed by atoms with Gasteiger partial charge in [-0.15, -0.1) is 0 Å². The van der Waals surface area contributed by atoms with Gasteiger partial charge in [-0.1, -0.05) is 29.8 Å². The molecule has 1 aromatic heterocycles. The van der Waals surface area contributed by atoms with Crippen LogP contribution in [0.2, 0.25) is 5.15 Å². The molecule has 0 fully saturated rings. The molecule has 4 nitrogen and oxygen atoms in total. The summed E-state index contributed by atoms with van der Waals surface area (Å²) in [5.41, 5.74) is 2.62. The monoisotopic (exact) mass is 327 g/mol. The SMILES string of the molecule is CCN(CC)c1cccc(Oc2nc3ccccc3nc2Cl)c1. The first kappa shape index (κ1) is 15.6.